The molecule has 1 rings (SSSR count). The molecule has 2 unspecified atom stereocenters. The minimum absolute atomic E-state index is 0.0221. The second-order valence-electron chi connectivity index (χ2n) is 5.84. The molecule has 0 heterocycles. The molecular formula is C17H29N3O. The van der Waals surface area contributed by atoms with E-state index >= 15 is 0 Å². The van der Waals surface area contributed by atoms with Gasteiger partial charge in [0.15, 0.2) is 0 Å². The van der Waals surface area contributed by atoms with Gasteiger partial charge in [0, 0.05) is 17.9 Å². The van der Waals surface area contributed by atoms with Gasteiger partial charge >= 0.3 is 0 Å². The molecule has 21 heavy (non-hydrogen) atoms. The normalized spacial score (nSPS) is 14.0. The molecule has 0 saturated carbocycles. The molecule has 4 heteroatoms. The fourth-order valence-electron chi connectivity index (χ4n) is 2.27. The van der Waals surface area contributed by atoms with Crippen LogP contribution >= 0.6 is 0 Å². The molecule has 0 saturated heterocycles. The molecule has 0 bridgehead atoms. The van der Waals surface area contributed by atoms with E-state index in [1.807, 2.05) is 32.0 Å². The van der Waals surface area contributed by atoms with E-state index in [1.165, 1.54) is 0 Å². The average molecular weight is 291 g/mol. The van der Waals surface area contributed by atoms with Gasteiger partial charge < -0.3 is 11.1 Å². The van der Waals surface area contributed by atoms with Crippen molar-refractivity contribution in [2.75, 3.05) is 24.1 Å². The van der Waals surface area contributed by atoms with Gasteiger partial charge in [-0.15, -0.1) is 0 Å². The highest BCUT2D eigenvalue weighted by molar-refractivity contribution is 5.95. The zero-order valence-corrected chi connectivity index (χ0v) is 13.9. The van der Waals surface area contributed by atoms with E-state index in [2.05, 4.69) is 31.0 Å². The largest absolute Gasteiger partial charge is 0.399 e. The lowest BCUT2D eigenvalue weighted by Crippen LogP contribution is -2.44. The van der Waals surface area contributed by atoms with E-state index in [0.717, 1.165) is 30.8 Å². The number of nitrogen functional groups attached to an aromatic ring is 1. The number of nitrogens with zero attached hydrogens (tertiary/aromatic N) is 1. The molecule has 2 atom stereocenters. The molecule has 0 aliphatic carbocycles. The first-order chi connectivity index (χ1) is 9.88. The van der Waals surface area contributed by atoms with E-state index in [4.69, 9.17) is 5.73 Å². The fourth-order valence-corrected chi connectivity index (χ4v) is 2.27. The van der Waals surface area contributed by atoms with Gasteiger partial charge in [0.1, 0.15) is 0 Å². The van der Waals surface area contributed by atoms with E-state index < -0.39 is 0 Å². The summed E-state index contributed by atoms with van der Waals surface area (Å²) in [6.45, 7) is 12.2. The van der Waals surface area contributed by atoms with E-state index in [0.29, 0.717) is 11.6 Å². The SMILES string of the molecule is CCC(C)CN(CC)C(C)C(=O)Nc1cc(N)ccc1C. The molecule has 0 aliphatic heterocycles. The second kappa shape index (κ2) is 8.03. The first-order valence-electron chi connectivity index (χ1n) is 7.80. The topological polar surface area (TPSA) is 58.4 Å². The number of hydrogen-bond acceptors (Lipinski definition) is 3. The van der Waals surface area contributed by atoms with Crippen molar-refractivity contribution < 1.29 is 4.79 Å². The van der Waals surface area contributed by atoms with Crippen LogP contribution in [0.3, 0.4) is 0 Å². The van der Waals surface area contributed by atoms with Crippen molar-refractivity contribution in [1.82, 2.24) is 4.90 Å². The van der Waals surface area contributed by atoms with Crippen LogP contribution < -0.4 is 11.1 Å². The third-order valence-corrected chi connectivity index (χ3v) is 4.10. The zero-order chi connectivity index (χ0) is 16.0. The van der Waals surface area contributed by atoms with E-state index in [-0.39, 0.29) is 11.9 Å². The summed E-state index contributed by atoms with van der Waals surface area (Å²) in [5.41, 5.74) is 8.27. The average Bonchev–Trinajstić information content (AvgIpc) is 2.47. The zero-order valence-electron chi connectivity index (χ0n) is 13.9. The summed E-state index contributed by atoms with van der Waals surface area (Å²) >= 11 is 0. The van der Waals surface area contributed by atoms with Crippen molar-refractivity contribution >= 4 is 17.3 Å². The third kappa shape index (κ3) is 5.05. The minimum Gasteiger partial charge on any atom is -0.399 e. The number of aryl methyl sites for hydroxylation is 1. The van der Waals surface area contributed by atoms with Gasteiger partial charge in [-0.25, -0.2) is 0 Å². The standard InChI is InChI=1S/C17H29N3O/c1-6-12(3)11-20(7-2)14(5)17(21)19-16-10-15(18)9-8-13(16)4/h8-10,12,14H,6-7,11,18H2,1-5H3,(H,19,21). The number of likely N-dealkylation sites (N-methyl/N-ethyl adjacent to an activating group) is 1. The molecule has 4 nitrogen and oxygen atoms in total. The van der Waals surface area contributed by atoms with Gasteiger partial charge in [0.05, 0.1) is 6.04 Å². The van der Waals surface area contributed by atoms with Crippen LogP contribution in [-0.2, 0) is 4.79 Å². The lowest BCUT2D eigenvalue weighted by Gasteiger charge is -2.29. The van der Waals surface area contributed by atoms with Crippen LogP contribution in [0, 0.1) is 12.8 Å². The van der Waals surface area contributed by atoms with Crippen molar-refractivity contribution in [2.45, 2.75) is 47.1 Å². The van der Waals surface area contributed by atoms with Crippen molar-refractivity contribution in [1.29, 1.82) is 0 Å². The summed E-state index contributed by atoms with van der Waals surface area (Å²) in [6, 6.07) is 5.43. The number of carbonyl (C=O) groups is 1. The quantitative estimate of drug-likeness (QED) is 0.758. The van der Waals surface area contributed by atoms with Gasteiger partial charge in [0.25, 0.3) is 0 Å². The van der Waals surface area contributed by atoms with Gasteiger partial charge in [-0.05, 0) is 44.0 Å². The number of hydrogen-bond donors (Lipinski definition) is 2. The number of rotatable bonds is 7. The lowest BCUT2D eigenvalue weighted by atomic mass is 10.1. The van der Waals surface area contributed by atoms with Gasteiger partial charge in [0.2, 0.25) is 5.91 Å². The molecule has 1 amide bonds. The number of amides is 1. The van der Waals surface area contributed by atoms with Crippen LogP contribution in [0.1, 0.15) is 39.7 Å². The maximum absolute atomic E-state index is 12.5. The molecule has 3 N–H and O–H groups in total. The molecule has 118 valence electrons. The third-order valence-electron chi connectivity index (χ3n) is 4.10. The maximum atomic E-state index is 12.5. The number of benzene rings is 1. The minimum atomic E-state index is -0.148. The van der Waals surface area contributed by atoms with Crippen LogP contribution in [0.2, 0.25) is 0 Å². The summed E-state index contributed by atoms with van der Waals surface area (Å²) in [5, 5.41) is 3.00. The summed E-state index contributed by atoms with van der Waals surface area (Å²) in [5.74, 6) is 0.614. The van der Waals surface area contributed by atoms with Gasteiger partial charge in [-0.3, -0.25) is 9.69 Å². The highest BCUT2D eigenvalue weighted by atomic mass is 16.2. The first-order valence-corrected chi connectivity index (χ1v) is 7.80. The van der Waals surface area contributed by atoms with Crippen molar-refractivity contribution in [3.8, 4) is 0 Å². The summed E-state index contributed by atoms with van der Waals surface area (Å²) in [7, 11) is 0. The molecule has 0 aliphatic rings. The molecule has 0 spiro atoms. The first kappa shape index (κ1) is 17.5. The highest BCUT2D eigenvalue weighted by Gasteiger charge is 2.21. The summed E-state index contributed by atoms with van der Waals surface area (Å²) < 4.78 is 0. The summed E-state index contributed by atoms with van der Waals surface area (Å²) in [4.78, 5) is 14.7. The smallest absolute Gasteiger partial charge is 0.241 e. The Morgan fingerprint density at radius 2 is 2.00 bits per heavy atom. The Morgan fingerprint density at radius 3 is 2.57 bits per heavy atom. The Labute approximate surface area is 128 Å². The molecule has 0 aromatic heterocycles. The Hall–Kier alpha value is -1.55. The molecule has 0 radical (unpaired) electrons. The Balaban J connectivity index is 2.74. The van der Waals surface area contributed by atoms with Crippen LogP contribution in [0.4, 0.5) is 11.4 Å². The Morgan fingerprint density at radius 1 is 1.33 bits per heavy atom. The molecule has 0 fully saturated rings. The predicted molar refractivity (Wildman–Crippen MR) is 90.4 cm³/mol. The Bertz CT molecular complexity index is 473. The van der Waals surface area contributed by atoms with E-state index in [1.54, 1.807) is 0 Å². The number of anilines is 2. The molecule has 1 aromatic carbocycles. The lowest BCUT2D eigenvalue weighted by molar-refractivity contribution is -0.120. The van der Waals surface area contributed by atoms with Crippen molar-refractivity contribution in [3.05, 3.63) is 23.8 Å². The van der Waals surface area contributed by atoms with Crippen LogP contribution in [-0.4, -0.2) is 29.9 Å². The van der Waals surface area contributed by atoms with Crippen molar-refractivity contribution in [2.24, 2.45) is 5.92 Å². The second-order valence-corrected chi connectivity index (χ2v) is 5.84. The fraction of sp³-hybridized carbons (Fsp3) is 0.588. The monoisotopic (exact) mass is 291 g/mol. The predicted octanol–water partition coefficient (Wildman–Crippen LogP) is 3.27. The number of nitrogens with one attached hydrogen (secondary N) is 1. The molecular weight excluding hydrogens is 262 g/mol. The summed E-state index contributed by atoms with van der Waals surface area (Å²) in [6.07, 6.45) is 1.12. The van der Waals surface area contributed by atoms with Gasteiger partial charge in [-0.1, -0.05) is 33.3 Å². The highest BCUT2D eigenvalue weighted by Crippen LogP contribution is 2.19. The van der Waals surface area contributed by atoms with E-state index in [9.17, 15) is 4.79 Å². The Kier molecular flexibility index (Phi) is 6.69. The maximum Gasteiger partial charge on any atom is 0.241 e. The van der Waals surface area contributed by atoms with Crippen LogP contribution in [0.15, 0.2) is 18.2 Å². The van der Waals surface area contributed by atoms with Crippen molar-refractivity contribution in [3.63, 3.8) is 0 Å². The number of nitrogens with two attached hydrogens (primary N) is 1. The van der Waals surface area contributed by atoms with Crippen LogP contribution in [0.5, 0.6) is 0 Å². The molecule has 1 aromatic rings. The van der Waals surface area contributed by atoms with Gasteiger partial charge in [-0.2, -0.15) is 0 Å². The van der Waals surface area contributed by atoms with Crippen LogP contribution in [0.25, 0.3) is 0 Å². The number of carbonyl (C=O) groups excluding carboxylic acids is 1.